The largest absolute Gasteiger partial charge is 0.384 e. The number of benzene rings is 2. The van der Waals surface area contributed by atoms with E-state index >= 15 is 0 Å². The molecule has 6 heteroatoms. The fourth-order valence-electron chi connectivity index (χ4n) is 1.74. The Morgan fingerprint density at radius 1 is 1.27 bits per heavy atom. The second-order valence-electron chi connectivity index (χ2n) is 4.62. The fourth-order valence-corrected chi connectivity index (χ4v) is 1.91. The van der Waals surface area contributed by atoms with Crippen LogP contribution >= 0.6 is 11.6 Å². The van der Waals surface area contributed by atoms with E-state index in [1.165, 1.54) is 0 Å². The van der Waals surface area contributed by atoms with Crippen LogP contribution in [0, 0.1) is 6.92 Å². The minimum Gasteiger partial charge on any atom is -0.384 e. The van der Waals surface area contributed by atoms with Crippen molar-refractivity contribution >= 4 is 29.0 Å². The third-order valence-corrected chi connectivity index (χ3v) is 3.14. The maximum absolute atomic E-state index is 11.8. The molecule has 1 amide bonds. The molecule has 0 heterocycles. The van der Waals surface area contributed by atoms with Gasteiger partial charge in [0.25, 0.3) is 5.91 Å². The maximum Gasteiger partial charge on any atom is 0.265 e. The van der Waals surface area contributed by atoms with Crippen molar-refractivity contribution in [1.82, 2.24) is 0 Å². The second kappa shape index (κ2) is 7.47. The third kappa shape index (κ3) is 4.49. The topological polar surface area (TPSA) is 76.7 Å². The Balaban J connectivity index is 1.89. The standard InChI is InChI=1S/C16H16ClN3O2/c1-11-7-8-13(17)9-14(11)19-15(21)10-22-20-16(18)12-5-3-2-4-6-12/h2-9H,10H2,1H3,(H2,18,20)(H,19,21). The van der Waals surface area contributed by atoms with Gasteiger partial charge in [-0.3, -0.25) is 4.79 Å². The lowest BCUT2D eigenvalue weighted by Crippen LogP contribution is -2.19. The third-order valence-electron chi connectivity index (χ3n) is 2.90. The molecule has 2 rings (SSSR count). The summed E-state index contributed by atoms with van der Waals surface area (Å²) in [5, 5.41) is 6.98. The van der Waals surface area contributed by atoms with Crippen molar-refractivity contribution in [2.75, 3.05) is 11.9 Å². The number of hydrogen-bond donors (Lipinski definition) is 2. The summed E-state index contributed by atoms with van der Waals surface area (Å²) in [4.78, 5) is 16.8. The first-order valence-corrected chi connectivity index (χ1v) is 7.01. The smallest absolute Gasteiger partial charge is 0.265 e. The van der Waals surface area contributed by atoms with Crippen LogP contribution in [0.2, 0.25) is 5.02 Å². The summed E-state index contributed by atoms with van der Waals surface area (Å²) < 4.78 is 0. The molecule has 0 spiro atoms. The Morgan fingerprint density at radius 3 is 2.73 bits per heavy atom. The van der Waals surface area contributed by atoms with Crippen LogP contribution in [0.3, 0.4) is 0 Å². The predicted molar refractivity (Wildman–Crippen MR) is 87.9 cm³/mol. The summed E-state index contributed by atoms with van der Waals surface area (Å²) in [6, 6.07) is 14.4. The maximum atomic E-state index is 11.8. The molecule has 0 aromatic heterocycles. The van der Waals surface area contributed by atoms with Crippen molar-refractivity contribution in [2.45, 2.75) is 6.92 Å². The van der Waals surface area contributed by atoms with Gasteiger partial charge in [-0.2, -0.15) is 0 Å². The summed E-state index contributed by atoms with van der Waals surface area (Å²) >= 11 is 5.89. The van der Waals surface area contributed by atoms with Crippen molar-refractivity contribution in [2.24, 2.45) is 10.9 Å². The molecule has 22 heavy (non-hydrogen) atoms. The normalized spacial score (nSPS) is 11.1. The van der Waals surface area contributed by atoms with Crippen molar-refractivity contribution in [3.63, 3.8) is 0 Å². The number of rotatable bonds is 5. The number of nitrogens with zero attached hydrogens (tertiary/aromatic N) is 1. The highest BCUT2D eigenvalue weighted by Crippen LogP contribution is 2.19. The van der Waals surface area contributed by atoms with Gasteiger partial charge < -0.3 is 15.9 Å². The van der Waals surface area contributed by atoms with Crippen molar-refractivity contribution in [1.29, 1.82) is 0 Å². The highest BCUT2D eigenvalue weighted by molar-refractivity contribution is 6.31. The molecule has 2 aromatic rings. The fraction of sp³-hybridized carbons (Fsp3) is 0.125. The SMILES string of the molecule is Cc1ccc(Cl)cc1NC(=O)CO/N=C(/N)c1ccccc1. The quantitative estimate of drug-likeness (QED) is 0.505. The Kier molecular flexibility index (Phi) is 5.38. The number of hydrogen-bond acceptors (Lipinski definition) is 3. The summed E-state index contributed by atoms with van der Waals surface area (Å²) in [6.45, 7) is 1.64. The Bertz CT molecular complexity index is 687. The van der Waals surface area contributed by atoms with E-state index in [1.54, 1.807) is 24.3 Å². The molecule has 0 saturated heterocycles. The van der Waals surface area contributed by atoms with E-state index < -0.39 is 0 Å². The van der Waals surface area contributed by atoms with E-state index in [-0.39, 0.29) is 18.3 Å². The Labute approximate surface area is 133 Å². The molecule has 114 valence electrons. The monoisotopic (exact) mass is 317 g/mol. The number of nitrogens with two attached hydrogens (primary N) is 1. The van der Waals surface area contributed by atoms with Gasteiger partial charge >= 0.3 is 0 Å². The highest BCUT2D eigenvalue weighted by atomic mass is 35.5. The summed E-state index contributed by atoms with van der Waals surface area (Å²) in [5.41, 5.74) is 8.03. The summed E-state index contributed by atoms with van der Waals surface area (Å²) in [7, 11) is 0. The number of amidine groups is 1. The average Bonchev–Trinajstić information content (AvgIpc) is 2.51. The van der Waals surface area contributed by atoms with Crippen LogP contribution in [-0.4, -0.2) is 18.3 Å². The van der Waals surface area contributed by atoms with Crippen LogP contribution in [0.5, 0.6) is 0 Å². The first kappa shape index (κ1) is 15.9. The van der Waals surface area contributed by atoms with E-state index in [4.69, 9.17) is 22.2 Å². The van der Waals surface area contributed by atoms with E-state index in [0.29, 0.717) is 10.7 Å². The lowest BCUT2D eigenvalue weighted by atomic mass is 10.2. The molecule has 0 fully saturated rings. The molecule has 5 nitrogen and oxygen atoms in total. The molecule has 2 aromatic carbocycles. The molecular weight excluding hydrogens is 302 g/mol. The summed E-state index contributed by atoms with van der Waals surface area (Å²) in [5.74, 6) is -0.123. The molecule has 0 radical (unpaired) electrons. The van der Waals surface area contributed by atoms with E-state index in [1.807, 2.05) is 31.2 Å². The number of aryl methyl sites for hydroxylation is 1. The summed E-state index contributed by atoms with van der Waals surface area (Å²) in [6.07, 6.45) is 0. The zero-order chi connectivity index (χ0) is 15.9. The number of nitrogens with one attached hydrogen (secondary N) is 1. The van der Waals surface area contributed by atoms with Gasteiger partial charge in [0.05, 0.1) is 0 Å². The average molecular weight is 318 g/mol. The van der Waals surface area contributed by atoms with Crippen LogP contribution in [0.25, 0.3) is 0 Å². The Hall–Kier alpha value is -2.53. The van der Waals surface area contributed by atoms with Gasteiger partial charge in [-0.25, -0.2) is 0 Å². The molecule has 0 saturated carbocycles. The van der Waals surface area contributed by atoms with Crippen molar-refractivity contribution < 1.29 is 9.63 Å². The molecule has 0 aliphatic carbocycles. The first-order valence-electron chi connectivity index (χ1n) is 6.63. The molecule has 0 unspecified atom stereocenters. The van der Waals surface area contributed by atoms with Gasteiger partial charge in [0.2, 0.25) is 0 Å². The van der Waals surface area contributed by atoms with E-state index in [9.17, 15) is 4.79 Å². The van der Waals surface area contributed by atoms with Crippen LogP contribution in [0.1, 0.15) is 11.1 Å². The number of amides is 1. The molecule has 0 aliphatic heterocycles. The predicted octanol–water partition coefficient (Wildman–Crippen LogP) is 2.92. The minimum absolute atomic E-state index is 0.215. The minimum atomic E-state index is -0.338. The zero-order valence-corrected chi connectivity index (χ0v) is 12.8. The first-order chi connectivity index (χ1) is 10.6. The lowest BCUT2D eigenvalue weighted by Gasteiger charge is -2.08. The van der Waals surface area contributed by atoms with Crippen LogP contribution in [0.15, 0.2) is 53.7 Å². The van der Waals surface area contributed by atoms with Crippen molar-refractivity contribution in [3.05, 3.63) is 64.7 Å². The lowest BCUT2D eigenvalue weighted by molar-refractivity contribution is -0.120. The van der Waals surface area contributed by atoms with Gasteiger partial charge in [-0.05, 0) is 24.6 Å². The number of halogens is 1. The van der Waals surface area contributed by atoms with Gasteiger partial charge in [0.15, 0.2) is 12.4 Å². The van der Waals surface area contributed by atoms with Gasteiger partial charge in [0.1, 0.15) is 0 Å². The van der Waals surface area contributed by atoms with Gasteiger partial charge in [-0.1, -0.05) is 53.2 Å². The Morgan fingerprint density at radius 2 is 2.00 bits per heavy atom. The number of carbonyl (C=O) groups is 1. The van der Waals surface area contributed by atoms with E-state index in [0.717, 1.165) is 11.1 Å². The van der Waals surface area contributed by atoms with Crippen LogP contribution < -0.4 is 11.1 Å². The molecule has 0 atom stereocenters. The van der Waals surface area contributed by atoms with Gasteiger partial charge in [-0.15, -0.1) is 0 Å². The van der Waals surface area contributed by atoms with Crippen molar-refractivity contribution in [3.8, 4) is 0 Å². The number of anilines is 1. The highest BCUT2D eigenvalue weighted by Gasteiger charge is 2.06. The van der Waals surface area contributed by atoms with E-state index in [2.05, 4.69) is 10.5 Å². The molecule has 3 N–H and O–H groups in total. The number of carbonyl (C=O) groups excluding carboxylic acids is 1. The molecule has 0 aliphatic rings. The van der Waals surface area contributed by atoms with Gasteiger partial charge in [0, 0.05) is 16.3 Å². The molecule has 0 bridgehead atoms. The van der Waals surface area contributed by atoms with Crippen LogP contribution in [0.4, 0.5) is 5.69 Å². The van der Waals surface area contributed by atoms with Crippen LogP contribution in [-0.2, 0) is 9.63 Å². The molecular formula is C16H16ClN3O2. The number of oxime groups is 1. The second-order valence-corrected chi connectivity index (χ2v) is 5.06. The zero-order valence-electron chi connectivity index (χ0n) is 12.0.